The maximum atomic E-state index is 13.0. The summed E-state index contributed by atoms with van der Waals surface area (Å²) in [5, 5.41) is 9.63. The molecule has 0 unspecified atom stereocenters. The molecule has 2 aliphatic heterocycles. The number of aromatic nitrogens is 1. The summed E-state index contributed by atoms with van der Waals surface area (Å²) >= 11 is 3.40. The Labute approximate surface area is 298 Å². The fourth-order valence-corrected chi connectivity index (χ4v) is 8.91. The van der Waals surface area contributed by atoms with Gasteiger partial charge in [-0.05, 0) is 64.2 Å². The van der Waals surface area contributed by atoms with Crippen LogP contribution in [0.25, 0.3) is 21.3 Å². The minimum absolute atomic E-state index is 0.0131. The molecule has 0 saturated carbocycles. The van der Waals surface area contributed by atoms with E-state index in [9.17, 15) is 14.7 Å². The highest BCUT2D eigenvalue weighted by atomic mass is 32.2. The lowest BCUT2D eigenvalue weighted by molar-refractivity contribution is -0.268. The zero-order valence-electron chi connectivity index (χ0n) is 27.3. The summed E-state index contributed by atoms with van der Waals surface area (Å²) in [7, 11) is 0. The highest BCUT2D eigenvalue weighted by Gasteiger charge is 2.39. The number of imide groups is 1. The monoisotopic (exact) mass is 698 g/mol. The number of benzene rings is 5. The van der Waals surface area contributed by atoms with Crippen LogP contribution in [0.5, 0.6) is 0 Å². The molecule has 0 radical (unpaired) electrons. The van der Waals surface area contributed by atoms with E-state index >= 15 is 0 Å². The molecule has 3 heterocycles. The van der Waals surface area contributed by atoms with Crippen molar-refractivity contribution in [3.8, 4) is 11.1 Å². The Bertz CT molecular complexity index is 2130. The molecular weight excluding hydrogens is 665 g/mol. The van der Waals surface area contributed by atoms with E-state index in [1.165, 1.54) is 9.60 Å². The topological polar surface area (TPSA) is 89.0 Å². The number of para-hydroxylation sites is 1. The molecule has 6 aromatic rings. The predicted molar refractivity (Wildman–Crippen MR) is 196 cm³/mol. The standard InChI is InChI=1S/C41H34N2O5S2/c1-25-35(24-49-41-42-34-14-4-5-15-36(34)50-41)47-40(48-37(25)28-18-16-26(23-44)17-19-28)31-11-7-10-30(21-31)29-9-6-8-27(20-29)22-43-38(45)32-12-2-3-13-33(32)39(43)46/h2-21,25,35,37,40,44H,22-24H2,1H3/t25-,35+,37+,40+/m0/s1. The number of hydrogen-bond donors (Lipinski definition) is 1. The predicted octanol–water partition coefficient (Wildman–Crippen LogP) is 8.84. The van der Waals surface area contributed by atoms with E-state index in [1.807, 2.05) is 84.9 Å². The van der Waals surface area contributed by atoms with Gasteiger partial charge >= 0.3 is 0 Å². The Morgan fingerprint density at radius 2 is 1.46 bits per heavy atom. The zero-order valence-corrected chi connectivity index (χ0v) is 28.9. The lowest BCUT2D eigenvalue weighted by Gasteiger charge is -2.41. The average molecular weight is 699 g/mol. The van der Waals surface area contributed by atoms with Gasteiger partial charge in [0.05, 0.1) is 46.7 Å². The largest absolute Gasteiger partial charge is 0.392 e. The van der Waals surface area contributed by atoms with Crippen LogP contribution in [0.3, 0.4) is 0 Å². The Morgan fingerprint density at radius 3 is 2.20 bits per heavy atom. The smallest absolute Gasteiger partial charge is 0.261 e. The van der Waals surface area contributed by atoms with Crippen molar-refractivity contribution in [2.75, 3.05) is 5.75 Å². The van der Waals surface area contributed by atoms with Crippen LogP contribution in [0, 0.1) is 5.92 Å². The van der Waals surface area contributed by atoms with Crippen molar-refractivity contribution in [3.63, 3.8) is 0 Å². The van der Waals surface area contributed by atoms with E-state index in [1.54, 1.807) is 47.4 Å². The lowest BCUT2D eigenvalue weighted by atomic mass is 9.91. The van der Waals surface area contributed by atoms with Crippen molar-refractivity contribution in [2.24, 2.45) is 5.92 Å². The summed E-state index contributed by atoms with van der Waals surface area (Å²) in [5.41, 5.74) is 7.48. The molecule has 0 bridgehead atoms. The highest BCUT2D eigenvalue weighted by Crippen LogP contribution is 2.44. The van der Waals surface area contributed by atoms with Gasteiger partial charge in [-0.2, -0.15) is 0 Å². The molecule has 2 aliphatic rings. The van der Waals surface area contributed by atoms with Crippen molar-refractivity contribution < 1.29 is 24.2 Å². The second kappa shape index (κ2) is 13.9. The zero-order chi connectivity index (χ0) is 34.2. The SMILES string of the molecule is C[C@H]1[C@@H](CSc2nc3ccccc3s2)O[C@@H](c2cccc(-c3cccc(CN4C(=O)c5ccccc5C4=O)c3)c2)O[C@H]1c1ccc(CO)cc1. The van der Waals surface area contributed by atoms with Crippen LogP contribution >= 0.6 is 23.1 Å². The fraction of sp³-hybridized carbons (Fsp3) is 0.195. The van der Waals surface area contributed by atoms with Gasteiger partial charge in [0, 0.05) is 17.2 Å². The highest BCUT2D eigenvalue weighted by molar-refractivity contribution is 8.01. The number of ether oxygens (including phenoxy) is 2. The maximum absolute atomic E-state index is 13.0. The molecule has 1 saturated heterocycles. The first-order chi connectivity index (χ1) is 24.4. The minimum Gasteiger partial charge on any atom is -0.392 e. The third kappa shape index (κ3) is 6.39. The summed E-state index contributed by atoms with van der Waals surface area (Å²) in [6.07, 6.45) is -0.967. The van der Waals surface area contributed by atoms with Gasteiger partial charge in [-0.25, -0.2) is 4.98 Å². The number of amides is 2. The lowest BCUT2D eigenvalue weighted by Crippen LogP contribution is -2.38. The molecule has 250 valence electrons. The minimum atomic E-state index is -0.615. The maximum Gasteiger partial charge on any atom is 0.261 e. The molecular formula is C41H34N2O5S2. The van der Waals surface area contributed by atoms with E-state index in [0.717, 1.165) is 43.2 Å². The van der Waals surface area contributed by atoms with Gasteiger partial charge in [-0.1, -0.05) is 104 Å². The number of carbonyl (C=O) groups excluding carboxylic acids is 2. The van der Waals surface area contributed by atoms with Gasteiger partial charge in [0.25, 0.3) is 11.8 Å². The summed E-state index contributed by atoms with van der Waals surface area (Å²) in [6, 6.07) is 39.2. The Kier molecular flexibility index (Phi) is 9.07. The summed E-state index contributed by atoms with van der Waals surface area (Å²) < 4.78 is 15.7. The molecule has 1 fully saturated rings. The van der Waals surface area contributed by atoms with Gasteiger partial charge in [0.1, 0.15) is 0 Å². The number of thiazole rings is 1. The normalized spacial score (nSPS) is 20.4. The third-order valence-electron chi connectivity index (χ3n) is 9.41. The van der Waals surface area contributed by atoms with E-state index in [2.05, 4.69) is 19.1 Å². The summed E-state index contributed by atoms with van der Waals surface area (Å²) in [4.78, 5) is 32.2. The first-order valence-corrected chi connectivity index (χ1v) is 18.4. The number of nitrogens with zero attached hydrogens (tertiary/aromatic N) is 2. The molecule has 2 amide bonds. The molecule has 9 heteroatoms. The molecule has 0 aliphatic carbocycles. The van der Waals surface area contributed by atoms with Crippen molar-refractivity contribution >= 4 is 45.1 Å². The van der Waals surface area contributed by atoms with Gasteiger partial charge < -0.3 is 14.6 Å². The Balaban J connectivity index is 1.05. The van der Waals surface area contributed by atoms with E-state index in [0.29, 0.717) is 16.9 Å². The number of aliphatic hydroxyl groups is 1. The number of fused-ring (bicyclic) bond motifs is 2. The fourth-order valence-electron chi connectivity index (χ4n) is 6.66. The Hall–Kier alpha value is -4.64. The number of rotatable bonds is 9. The van der Waals surface area contributed by atoms with E-state index in [-0.39, 0.29) is 43.1 Å². The molecule has 8 rings (SSSR count). The molecule has 5 aromatic carbocycles. The molecule has 1 N–H and O–H groups in total. The molecule has 0 spiro atoms. The molecule has 7 nitrogen and oxygen atoms in total. The van der Waals surface area contributed by atoms with Crippen molar-refractivity contribution in [3.05, 3.63) is 155 Å². The molecule has 1 aromatic heterocycles. The van der Waals surface area contributed by atoms with Gasteiger partial charge in [-0.3, -0.25) is 14.5 Å². The third-order valence-corrected chi connectivity index (χ3v) is 11.7. The second-order valence-corrected chi connectivity index (χ2v) is 14.9. The van der Waals surface area contributed by atoms with Gasteiger partial charge in [-0.15, -0.1) is 11.3 Å². The van der Waals surface area contributed by atoms with E-state index in [4.69, 9.17) is 14.5 Å². The van der Waals surface area contributed by atoms with Crippen molar-refractivity contribution in [1.82, 2.24) is 9.88 Å². The van der Waals surface area contributed by atoms with Crippen LogP contribution in [0.2, 0.25) is 0 Å². The van der Waals surface area contributed by atoms with Crippen molar-refractivity contribution in [2.45, 2.75) is 42.9 Å². The van der Waals surface area contributed by atoms with Gasteiger partial charge in [0.2, 0.25) is 0 Å². The number of carbonyl (C=O) groups is 2. The van der Waals surface area contributed by atoms with Crippen LogP contribution in [-0.4, -0.2) is 38.7 Å². The van der Waals surface area contributed by atoms with Crippen LogP contribution in [0.15, 0.2) is 126 Å². The van der Waals surface area contributed by atoms with Crippen LogP contribution in [0.1, 0.15) is 62.3 Å². The first-order valence-electron chi connectivity index (χ1n) is 16.6. The number of aliphatic hydroxyl groups excluding tert-OH is 1. The average Bonchev–Trinajstić information content (AvgIpc) is 3.69. The number of hydrogen-bond acceptors (Lipinski definition) is 8. The molecule has 50 heavy (non-hydrogen) atoms. The van der Waals surface area contributed by atoms with Crippen molar-refractivity contribution in [1.29, 1.82) is 0 Å². The van der Waals surface area contributed by atoms with Crippen LogP contribution in [-0.2, 0) is 22.6 Å². The van der Waals surface area contributed by atoms with E-state index < -0.39 is 6.29 Å². The first kappa shape index (κ1) is 32.6. The van der Waals surface area contributed by atoms with Crippen LogP contribution in [0.4, 0.5) is 0 Å². The molecule has 4 atom stereocenters. The summed E-state index contributed by atoms with van der Waals surface area (Å²) in [5.74, 6) is 0.228. The van der Waals surface area contributed by atoms with Gasteiger partial charge in [0.15, 0.2) is 10.6 Å². The quantitative estimate of drug-likeness (QED) is 0.119. The Morgan fingerprint density at radius 1 is 0.760 bits per heavy atom. The summed E-state index contributed by atoms with van der Waals surface area (Å²) in [6.45, 7) is 2.35. The second-order valence-electron chi connectivity index (χ2n) is 12.6. The van der Waals surface area contributed by atoms with Crippen LogP contribution < -0.4 is 0 Å². The number of thioether (sulfide) groups is 1.